The Morgan fingerprint density at radius 1 is 1.14 bits per heavy atom. The Morgan fingerprint density at radius 3 is 2.41 bits per heavy atom. The van der Waals surface area contributed by atoms with Gasteiger partial charge in [0, 0.05) is 5.92 Å². The second kappa shape index (κ2) is 6.93. The van der Waals surface area contributed by atoms with E-state index in [1.807, 2.05) is 13.8 Å². The zero-order valence-electron chi connectivity index (χ0n) is 15.5. The fraction of sp³-hybridized carbons (Fsp3) is 0.950. The first-order valence-corrected chi connectivity index (χ1v) is 9.51. The molecule has 2 rings (SSSR count). The number of fused-ring (bicyclic) bond motifs is 1. The minimum Gasteiger partial charge on any atom is -0.462 e. The van der Waals surface area contributed by atoms with Crippen LogP contribution in [0.2, 0.25) is 0 Å². The smallest absolute Gasteiger partial charge is 0.311 e. The zero-order chi connectivity index (χ0) is 16.5. The molecule has 0 aromatic rings. The van der Waals surface area contributed by atoms with Crippen LogP contribution in [0, 0.1) is 35.0 Å². The molecule has 0 bridgehead atoms. The van der Waals surface area contributed by atoms with Crippen LogP contribution < -0.4 is 0 Å². The van der Waals surface area contributed by atoms with Gasteiger partial charge in [-0.1, -0.05) is 40.5 Å². The predicted molar refractivity (Wildman–Crippen MR) is 91.5 cm³/mol. The Bertz CT molecular complexity index is 387. The van der Waals surface area contributed by atoms with Gasteiger partial charge in [0.15, 0.2) is 0 Å². The van der Waals surface area contributed by atoms with Gasteiger partial charge in [-0.2, -0.15) is 0 Å². The first kappa shape index (κ1) is 17.8. The standard InChI is InChI=1S/C20H36O2/c1-7-16-14(4)9-10-15-11-13(3)12-17(18(15)16)22-19(21)20(5,6)8-2/h13-18H,7-12H2,1-6H3/t13-,14-,15?,16-,17-,18?/m0/s1. The topological polar surface area (TPSA) is 26.3 Å². The van der Waals surface area contributed by atoms with Crippen molar-refractivity contribution in [3.63, 3.8) is 0 Å². The molecule has 6 atom stereocenters. The molecule has 2 fully saturated rings. The molecule has 0 amide bonds. The van der Waals surface area contributed by atoms with Crippen LogP contribution in [0.15, 0.2) is 0 Å². The predicted octanol–water partition coefficient (Wildman–Crippen LogP) is 5.45. The van der Waals surface area contributed by atoms with Crippen molar-refractivity contribution in [1.29, 1.82) is 0 Å². The Balaban J connectivity index is 2.17. The highest BCUT2D eigenvalue weighted by atomic mass is 16.5. The third-order valence-corrected chi connectivity index (χ3v) is 6.70. The number of carbonyl (C=O) groups is 1. The summed E-state index contributed by atoms with van der Waals surface area (Å²) < 4.78 is 6.13. The summed E-state index contributed by atoms with van der Waals surface area (Å²) in [5, 5.41) is 0. The van der Waals surface area contributed by atoms with Crippen LogP contribution >= 0.6 is 0 Å². The largest absolute Gasteiger partial charge is 0.462 e. The minimum atomic E-state index is -0.349. The summed E-state index contributed by atoms with van der Waals surface area (Å²) >= 11 is 0. The van der Waals surface area contributed by atoms with Crippen LogP contribution in [-0.2, 0) is 9.53 Å². The molecule has 0 N–H and O–H groups in total. The third-order valence-electron chi connectivity index (χ3n) is 6.70. The molecule has 0 aromatic carbocycles. The number of rotatable bonds is 4. The molecule has 2 aliphatic rings. The lowest BCUT2D eigenvalue weighted by atomic mass is 9.58. The van der Waals surface area contributed by atoms with Crippen molar-refractivity contribution in [2.24, 2.45) is 35.0 Å². The molecule has 0 saturated heterocycles. The lowest BCUT2D eigenvalue weighted by Gasteiger charge is -2.50. The van der Waals surface area contributed by atoms with E-state index in [4.69, 9.17) is 4.74 Å². The second-order valence-electron chi connectivity index (χ2n) is 8.72. The van der Waals surface area contributed by atoms with E-state index in [0.29, 0.717) is 11.8 Å². The van der Waals surface area contributed by atoms with Crippen molar-refractivity contribution >= 4 is 5.97 Å². The Hall–Kier alpha value is -0.530. The highest BCUT2D eigenvalue weighted by molar-refractivity contribution is 5.76. The van der Waals surface area contributed by atoms with Gasteiger partial charge in [0.25, 0.3) is 0 Å². The van der Waals surface area contributed by atoms with E-state index in [-0.39, 0.29) is 17.5 Å². The van der Waals surface area contributed by atoms with E-state index in [2.05, 4.69) is 27.7 Å². The summed E-state index contributed by atoms with van der Waals surface area (Å²) in [5.74, 6) is 3.58. The quantitative estimate of drug-likeness (QED) is 0.645. The molecule has 2 saturated carbocycles. The molecule has 22 heavy (non-hydrogen) atoms. The molecule has 2 nitrogen and oxygen atoms in total. The lowest BCUT2D eigenvalue weighted by Crippen LogP contribution is -2.48. The van der Waals surface area contributed by atoms with Crippen LogP contribution in [0.25, 0.3) is 0 Å². The Labute approximate surface area is 137 Å². The molecule has 0 aliphatic heterocycles. The van der Waals surface area contributed by atoms with Crippen LogP contribution in [0.5, 0.6) is 0 Å². The molecule has 2 unspecified atom stereocenters. The number of carbonyl (C=O) groups excluding carboxylic acids is 1. The van der Waals surface area contributed by atoms with Gasteiger partial charge in [-0.15, -0.1) is 0 Å². The van der Waals surface area contributed by atoms with E-state index in [1.165, 1.54) is 25.7 Å². The summed E-state index contributed by atoms with van der Waals surface area (Å²) in [5.41, 5.74) is -0.349. The lowest BCUT2D eigenvalue weighted by molar-refractivity contribution is -0.172. The molecular formula is C20H36O2. The Morgan fingerprint density at radius 2 is 1.82 bits per heavy atom. The van der Waals surface area contributed by atoms with E-state index >= 15 is 0 Å². The molecule has 0 spiro atoms. The fourth-order valence-electron chi connectivity index (χ4n) is 4.88. The summed E-state index contributed by atoms with van der Waals surface area (Å²) in [6.45, 7) is 13.2. The summed E-state index contributed by atoms with van der Waals surface area (Å²) in [6.07, 6.45) is 7.30. The first-order chi connectivity index (χ1) is 10.3. The summed E-state index contributed by atoms with van der Waals surface area (Å²) in [4.78, 5) is 12.6. The van der Waals surface area contributed by atoms with E-state index in [0.717, 1.165) is 30.6 Å². The van der Waals surface area contributed by atoms with Crippen LogP contribution in [0.4, 0.5) is 0 Å². The summed E-state index contributed by atoms with van der Waals surface area (Å²) in [7, 11) is 0. The summed E-state index contributed by atoms with van der Waals surface area (Å²) in [6, 6.07) is 0. The van der Waals surface area contributed by atoms with Gasteiger partial charge < -0.3 is 4.74 Å². The molecule has 0 radical (unpaired) electrons. The van der Waals surface area contributed by atoms with Gasteiger partial charge in [0.1, 0.15) is 6.10 Å². The van der Waals surface area contributed by atoms with Crippen LogP contribution in [0.3, 0.4) is 0 Å². The van der Waals surface area contributed by atoms with Crippen LogP contribution in [0.1, 0.15) is 80.1 Å². The number of esters is 1. The van der Waals surface area contributed by atoms with Crippen LogP contribution in [-0.4, -0.2) is 12.1 Å². The molecule has 128 valence electrons. The van der Waals surface area contributed by atoms with E-state index < -0.39 is 0 Å². The normalized spacial score (nSPS) is 39.2. The average molecular weight is 309 g/mol. The van der Waals surface area contributed by atoms with Gasteiger partial charge in [0.05, 0.1) is 5.41 Å². The fourth-order valence-corrected chi connectivity index (χ4v) is 4.88. The van der Waals surface area contributed by atoms with Crippen molar-refractivity contribution in [2.75, 3.05) is 0 Å². The Kier molecular flexibility index (Phi) is 5.61. The van der Waals surface area contributed by atoms with Crippen molar-refractivity contribution in [3.05, 3.63) is 0 Å². The van der Waals surface area contributed by atoms with E-state index in [1.54, 1.807) is 0 Å². The number of ether oxygens (including phenoxy) is 1. The number of hydrogen-bond donors (Lipinski definition) is 0. The molecule has 2 heteroatoms. The maximum Gasteiger partial charge on any atom is 0.311 e. The monoisotopic (exact) mass is 308 g/mol. The highest BCUT2D eigenvalue weighted by Gasteiger charge is 2.46. The van der Waals surface area contributed by atoms with Crippen molar-refractivity contribution < 1.29 is 9.53 Å². The first-order valence-electron chi connectivity index (χ1n) is 9.51. The van der Waals surface area contributed by atoms with E-state index in [9.17, 15) is 4.79 Å². The van der Waals surface area contributed by atoms with Crippen molar-refractivity contribution in [2.45, 2.75) is 86.2 Å². The maximum atomic E-state index is 12.6. The zero-order valence-corrected chi connectivity index (χ0v) is 15.5. The molecule has 0 aromatic heterocycles. The average Bonchev–Trinajstić information content (AvgIpc) is 2.47. The third kappa shape index (κ3) is 3.51. The molecule has 0 heterocycles. The second-order valence-corrected chi connectivity index (χ2v) is 8.72. The van der Waals surface area contributed by atoms with Crippen molar-refractivity contribution in [3.8, 4) is 0 Å². The maximum absolute atomic E-state index is 12.6. The minimum absolute atomic E-state index is 0.0147. The van der Waals surface area contributed by atoms with Gasteiger partial charge in [0.2, 0.25) is 0 Å². The van der Waals surface area contributed by atoms with Gasteiger partial charge >= 0.3 is 5.97 Å². The van der Waals surface area contributed by atoms with Crippen molar-refractivity contribution in [1.82, 2.24) is 0 Å². The van der Waals surface area contributed by atoms with Gasteiger partial charge in [-0.3, -0.25) is 4.79 Å². The van der Waals surface area contributed by atoms with Gasteiger partial charge in [-0.25, -0.2) is 0 Å². The highest BCUT2D eigenvalue weighted by Crippen LogP contribution is 2.50. The number of hydrogen-bond acceptors (Lipinski definition) is 2. The SMILES string of the molecule is CC[C@@H]1C2C(CC[C@@H]1C)C[C@H](C)C[C@@H]2OC(=O)C(C)(C)CC. The van der Waals surface area contributed by atoms with Gasteiger partial charge in [-0.05, 0) is 63.2 Å². The molecule has 2 aliphatic carbocycles. The molecular weight excluding hydrogens is 272 g/mol.